The molecular formula is C14H29N3OS. The van der Waals surface area contributed by atoms with Gasteiger partial charge in [-0.25, -0.2) is 0 Å². The molecule has 0 bridgehead atoms. The first kappa shape index (κ1) is 16.8. The van der Waals surface area contributed by atoms with Gasteiger partial charge in [-0.2, -0.15) is 0 Å². The average molecular weight is 287 g/mol. The topological polar surface area (TPSA) is 41.7 Å². The van der Waals surface area contributed by atoms with Gasteiger partial charge in [0.15, 0.2) is 0 Å². The highest BCUT2D eigenvalue weighted by Crippen LogP contribution is 2.12. The molecule has 1 rings (SSSR count). The summed E-state index contributed by atoms with van der Waals surface area (Å²) in [7, 11) is 0. The third-order valence-corrected chi connectivity index (χ3v) is 3.92. The standard InChI is InChI=1S/C14H29N3OS/c1-11(2)16(6-5-14(15)19)9-13-10-17(12(3)4)7-8-18-13/h11-13H,5-10H2,1-4H3,(H2,15,19). The number of ether oxygens (including phenoxy) is 1. The lowest BCUT2D eigenvalue weighted by atomic mass is 10.2. The number of nitrogens with two attached hydrogens (primary N) is 1. The zero-order chi connectivity index (χ0) is 14.4. The number of thiocarbonyl (C=S) groups is 1. The van der Waals surface area contributed by atoms with E-state index < -0.39 is 0 Å². The minimum Gasteiger partial charge on any atom is -0.393 e. The van der Waals surface area contributed by atoms with Crippen LogP contribution in [0, 0.1) is 0 Å². The number of hydrogen-bond acceptors (Lipinski definition) is 4. The number of hydrogen-bond donors (Lipinski definition) is 1. The third kappa shape index (κ3) is 6.17. The Labute approximate surface area is 123 Å². The van der Waals surface area contributed by atoms with Crippen molar-refractivity contribution in [2.24, 2.45) is 5.73 Å². The molecule has 0 aliphatic carbocycles. The monoisotopic (exact) mass is 287 g/mol. The van der Waals surface area contributed by atoms with Gasteiger partial charge >= 0.3 is 0 Å². The van der Waals surface area contributed by atoms with Crippen molar-refractivity contribution in [3.63, 3.8) is 0 Å². The van der Waals surface area contributed by atoms with E-state index in [0.717, 1.165) is 39.2 Å². The van der Waals surface area contributed by atoms with E-state index in [9.17, 15) is 0 Å². The van der Waals surface area contributed by atoms with Gasteiger partial charge in [0.05, 0.1) is 17.7 Å². The fraction of sp³-hybridized carbons (Fsp3) is 0.929. The van der Waals surface area contributed by atoms with Gasteiger partial charge in [0.2, 0.25) is 0 Å². The summed E-state index contributed by atoms with van der Waals surface area (Å²) in [5.74, 6) is 0. The highest BCUT2D eigenvalue weighted by molar-refractivity contribution is 7.80. The second kappa shape index (κ2) is 8.15. The molecule has 2 N–H and O–H groups in total. The van der Waals surface area contributed by atoms with E-state index in [0.29, 0.717) is 23.2 Å². The van der Waals surface area contributed by atoms with E-state index in [4.69, 9.17) is 22.7 Å². The van der Waals surface area contributed by atoms with Gasteiger partial charge in [-0.1, -0.05) is 12.2 Å². The number of rotatable bonds is 7. The van der Waals surface area contributed by atoms with Gasteiger partial charge in [-0.05, 0) is 27.7 Å². The minimum atomic E-state index is 0.296. The fourth-order valence-corrected chi connectivity index (χ4v) is 2.49. The summed E-state index contributed by atoms with van der Waals surface area (Å²) in [6.45, 7) is 13.7. The Bertz CT molecular complexity index is 284. The number of morpholine rings is 1. The summed E-state index contributed by atoms with van der Waals surface area (Å²) in [5, 5.41) is 0. The second-order valence-electron chi connectivity index (χ2n) is 5.89. The summed E-state index contributed by atoms with van der Waals surface area (Å²) in [5.41, 5.74) is 5.60. The van der Waals surface area contributed by atoms with Gasteiger partial charge in [0.1, 0.15) is 0 Å². The molecule has 0 radical (unpaired) electrons. The van der Waals surface area contributed by atoms with E-state index in [1.165, 1.54) is 0 Å². The van der Waals surface area contributed by atoms with Crippen LogP contribution in [0.4, 0.5) is 0 Å². The Morgan fingerprint density at radius 1 is 1.42 bits per heavy atom. The SMILES string of the molecule is CC(C)N1CCOC(CN(CCC(N)=S)C(C)C)C1. The summed E-state index contributed by atoms with van der Waals surface area (Å²) in [4.78, 5) is 5.49. The normalized spacial score (nSPS) is 21.5. The maximum Gasteiger partial charge on any atom is 0.0829 e. The Kier molecular flexibility index (Phi) is 7.21. The largest absolute Gasteiger partial charge is 0.393 e. The molecule has 1 aliphatic heterocycles. The summed E-state index contributed by atoms with van der Waals surface area (Å²) in [6.07, 6.45) is 1.08. The summed E-state index contributed by atoms with van der Waals surface area (Å²) < 4.78 is 5.90. The maximum absolute atomic E-state index is 5.90. The molecule has 1 heterocycles. The van der Waals surface area contributed by atoms with E-state index in [1.54, 1.807) is 0 Å². The number of nitrogens with zero attached hydrogens (tertiary/aromatic N) is 2. The smallest absolute Gasteiger partial charge is 0.0829 e. The summed E-state index contributed by atoms with van der Waals surface area (Å²) >= 11 is 4.97. The van der Waals surface area contributed by atoms with Gasteiger partial charge in [0, 0.05) is 44.7 Å². The van der Waals surface area contributed by atoms with Crippen molar-refractivity contribution in [3.8, 4) is 0 Å². The van der Waals surface area contributed by atoms with Crippen molar-refractivity contribution in [2.45, 2.75) is 52.3 Å². The zero-order valence-electron chi connectivity index (χ0n) is 12.8. The van der Waals surface area contributed by atoms with E-state index >= 15 is 0 Å². The van der Waals surface area contributed by atoms with Crippen molar-refractivity contribution < 1.29 is 4.74 Å². The molecule has 0 aromatic rings. The van der Waals surface area contributed by atoms with Gasteiger partial charge in [-0.15, -0.1) is 0 Å². The van der Waals surface area contributed by atoms with Crippen molar-refractivity contribution in [2.75, 3.05) is 32.8 Å². The zero-order valence-corrected chi connectivity index (χ0v) is 13.6. The van der Waals surface area contributed by atoms with Crippen LogP contribution < -0.4 is 5.73 Å². The first-order valence-electron chi connectivity index (χ1n) is 7.28. The van der Waals surface area contributed by atoms with Crippen molar-refractivity contribution in [1.82, 2.24) is 9.80 Å². The van der Waals surface area contributed by atoms with Crippen LogP contribution >= 0.6 is 12.2 Å². The van der Waals surface area contributed by atoms with E-state index in [2.05, 4.69) is 37.5 Å². The van der Waals surface area contributed by atoms with Crippen molar-refractivity contribution in [3.05, 3.63) is 0 Å². The Morgan fingerprint density at radius 3 is 2.63 bits per heavy atom. The Hall–Kier alpha value is -0.230. The van der Waals surface area contributed by atoms with Crippen LogP contribution in [0.15, 0.2) is 0 Å². The molecule has 0 spiro atoms. The van der Waals surface area contributed by atoms with Crippen LogP contribution in [0.5, 0.6) is 0 Å². The van der Waals surface area contributed by atoms with E-state index in [-0.39, 0.29) is 0 Å². The van der Waals surface area contributed by atoms with Crippen LogP contribution in [0.1, 0.15) is 34.1 Å². The molecule has 1 unspecified atom stereocenters. The summed E-state index contributed by atoms with van der Waals surface area (Å²) in [6, 6.07) is 1.09. The molecule has 1 atom stereocenters. The van der Waals surface area contributed by atoms with Crippen LogP contribution in [-0.2, 0) is 4.74 Å². The molecule has 0 aromatic heterocycles. The fourth-order valence-electron chi connectivity index (χ4n) is 2.40. The molecule has 0 aromatic carbocycles. The van der Waals surface area contributed by atoms with Crippen LogP contribution in [0.3, 0.4) is 0 Å². The average Bonchev–Trinajstić information content (AvgIpc) is 2.34. The second-order valence-corrected chi connectivity index (χ2v) is 6.41. The first-order valence-corrected chi connectivity index (χ1v) is 7.69. The molecule has 5 heteroatoms. The van der Waals surface area contributed by atoms with Crippen molar-refractivity contribution >= 4 is 17.2 Å². The van der Waals surface area contributed by atoms with Crippen LogP contribution in [0.25, 0.3) is 0 Å². The molecule has 1 fully saturated rings. The van der Waals surface area contributed by atoms with E-state index in [1.807, 2.05) is 0 Å². The van der Waals surface area contributed by atoms with Gasteiger partial charge in [0.25, 0.3) is 0 Å². The third-order valence-electron chi connectivity index (χ3n) is 3.71. The highest BCUT2D eigenvalue weighted by Gasteiger charge is 2.24. The Balaban J connectivity index is 2.46. The van der Waals surface area contributed by atoms with Crippen LogP contribution in [-0.4, -0.2) is 65.8 Å². The minimum absolute atomic E-state index is 0.296. The molecular weight excluding hydrogens is 258 g/mol. The predicted octanol–water partition coefficient (Wildman–Crippen LogP) is 1.48. The predicted molar refractivity (Wildman–Crippen MR) is 84.6 cm³/mol. The van der Waals surface area contributed by atoms with Crippen molar-refractivity contribution in [1.29, 1.82) is 0 Å². The lowest BCUT2D eigenvalue weighted by molar-refractivity contribution is -0.0550. The molecule has 1 aliphatic rings. The molecule has 19 heavy (non-hydrogen) atoms. The van der Waals surface area contributed by atoms with Crippen LogP contribution in [0.2, 0.25) is 0 Å². The molecule has 4 nitrogen and oxygen atoms in total. The highest BCUT2D eigenvalue weighted by atomic mass is 32.1. The van der Waals surface area contributed by atoms with Gasteiger partial charge < -0.3 is 10.5 Å². The molecule has 0 amide bonds. The molecule has 1 saturated heterocycles. The van der Waals surface area contributed by atoms with Gasteiger partial charge in [-0.3, -0.25) is 9.80 Å². The lowest BCUT2D eigenvalue weighted by Crippen LogP contribution is -2.51. The molecule has 0 saturated carbocycles. The lowest BCUT2D eigenvalue weighted by Gasteiger charge is -2.38. The molecule has 112 valence electrons. The first-order chi connectivity index (χ1) is 8.90. The Morgan fingerprint density at radius 2 is 2.11 bits per heavy atom. The quantitative estimate of drug-likeness (QED) is 0.719. The maximum atomic E-state index is 5.90.